The van der Waals surface area contributed by atoms with Gasteiger partial charge < -0.3 is 9.47 Å². The highest BCUT2D eigenvalue weighted by molar-refractivity contribution is 9.10. The van der Waals surface area contributed by atoms with E-state index >= 15 is 0 Å². The van der Waals surface area contributed by atoms with Crippen molar-refractivity contribution in [2.45, 2.75) is 38.5 Å². The van der Waals surface area contributed by atoms with Gasteiger partial charge in [0.1, 0.15) is 5.82 Å². The van der Waals surface area contributed by atoms with Crippen molar-refractivity contribution in [2.24, 2.45) is 23.2 Å². The third kappa shape index (κ3) is 4.53. The first-order valence-electron chi connectivity index (χ1n) is 12.4. The number of rotatable bonds is 5. The second kappa shape index (κ2) is 9.50. The van der Waals surface area contributed by atoms with Gasteiger partial charge in [-0.25, -0.2) is 4.39 Å². The van der Waals surface area contributed by atoms with Gasteiger partial charge in [-0.1, -0.05) is 30.0 Å². The zero-order valence-corrected chi connectivity index (χ0v) is 23.4. The van der Waals surface area contributed by atoms with Crippen LogP contribution in [0.1, 0.15) is 44.1 Å². The first-order chi connectivity index (χ1) is 17.7. The third-order valence-electron chi connectivity index (χ3n) is 8.08. The van der Waals surface area contributed by atoms with Crippen LogP contribution in [0, 0.1) is 29.0 Å². The predicted molar refractivity (Wildman–Crippen MR) is 149 cm³/mol. The lowest BCUT2D eigenvalue weighted by Crippen LogP contribution is -2.51. The number of amides is 1. The van der Waals surface area contributed by atoms with Gasteiger partial charge in [0.2, 0.25) is 0 Å². The molecule has 0 N–H and O–H groups in total. The fourth-order valence-corrected chi connectivity index (χ4v) is 8.78. The number of methoxy groups -OCH3 is 1. The topological polar surface area (TPSA) is 55.8 Å². The summed E-state index contributed by atoms with van der Waals surface area (Å²) < 4.78 is 26.3. The molecule has 4 saturated carbocycles. The number of esters is 1. The first kappa shape index (κ1) is 25.1. The van der Waals surface area contributed by atoms with E-state index in [0.717, 1.165) is 31.0 Å². The number of benzene rings is 2. The molecule has 9 heteroatoms. The van der Waals surface area contributed by atoms with E-state index in [0.29, 0.717) is 54.2 Å². The maximum absolute atomic E-state index is 13.7. The van der Waals surface area contributed by atoms with E-state index < -0.39 is 5.82 Å². The molecule has 5 aliphatic rings. The van der Waals surface area contributed by atoms with Crippen LogP contribution in [-0.2, 0) is 9.59 Å². The zero-order valence-electron chi connectivity index (χ0n) is 20.2. The molecule has 192 valence electrons. The van der Waals surface area contributed by atoms with Crippen LogP contribution in [0.15, 0.2) is 45.8 Å². The maximum atomic E-state index is 13.7. The van der Waals surface area contributed by atoms with Crippen molar-refractivity contribution >= 4 is 67.9 Å². The highest BCUT2D eigenvalue weighted by Gasteiger charge is 2.55. The van der Waals surface area contributed by atoms with Crippen LogP contribution >= 0.6 is 39.9 Å². The van der Waals surface area contributed by atoms with Crippen molar-refractivity contribution in [1.29, 1.82) is 0 Å². The predicted octanol–water partition coefficient (Wildman–Crippen LogP) is 7.12. The standard InChI is InChI=1S/C28H25BrFNO4S2/c1-34-22-9-15(10-23-25(32)31(27(36)37-23)20-4-2-3-19(30)11-20)8-21(29)24(22)35-26(33)28-12-16-5-17(13-28)7-18(6-16)14-28/h2-4,8-11,16-18H,5-7,12-14H2,1H3/b23-10+. The van der Waals surface area contributed by atoms with E-state index in [4.69, 9.17) is 21.7 Å². The summed E-state index contributed by atoms with van der Waals surface area (Å²) in [7, 11) is 1.52. The molecule has 0 radical (unpaired) electrons. The van der Waals surface area contributed by atoms with Crippen LogP contribution in [0.3, 0.4) is 0 Å². The van der Waals surface area contributed by atoms with Gasteiger partial charge in [-0.3, -0.25) is 14.5 Å². The molecule has 5 nitrogen and oxygen atoms in total. The van der Waals surface area contributed by atoms with Crippen molar-refractivity contribution < 1.29 is 23.5 Å². The largest absolute Gasteiger partial charge is 0.493 e. The number of halogens is 2. The second-order valence-electron chi connectivity index (χ2n) is 10.6. The van der Waals surface area contributed by atoms with Crippen molar-refractivity contribution in [3.63, 3.8) is 0 Å². The number of anilines is 1. The average Bonchev–Trinajstić information content (AvgIpc) is 3.12. The smallest absolute Gasteiger partial charge is 0.317 e. The van der Waals surface area contributed by atoms with Gasteiger partial charge in [0, 0.05) is 0 Å². The van der Waals surface area contributed by atoms with E-state index in [2.05, 4.69) is 15.9 Å². The number of hydrogen-bond donors (Lipinski definition) is 0. The maximum Gasteiger partial charge on any atom is 0.317 e. The monoisotopic (exact) mass is 601 g/mol. The van der Waals surface area contributed by atoms with Crippen molar-refractivity contribution in [3.8, 4) is 11.5 Å². The minimum Gasteiger partial charge on any atom is -0.493 e. The van der Waals surface area contributed by atoms with Crippen LogP contribution in [-0.4, -0.2) is 23.3 Å². The molecule has 1 saturated heterocycles. The molecule has 4 aliphatic carbocycles. The summed E-state index contributed by atoms with van der Waals surface area (Å²) in [5.41, 5.74) is 0.678. The van der Waals surface area contributed by atoms with Crippen LogP contribution in [0.5, 0.6) is 11.5 Å². The van der Waals surface area contributed by atoms with Crippen LogP contribution in [0.25, 0.3) is 6.08 Å². The molecule has 37 heavy (non-hydrogen) atoms. The Balaban J connectivity index is 1.25. The molecule has 1 amide bonds. The highest BCUT2D eigenvalue weighted by Crippen LogP contribution is 2.60. The molecule has 2 aromatic rings. The number of carbonyl (C=O) groups excluding carboxylic acids is 2. The van der Waals surface area contributed by atoms with Gasteiger partial charge in [-0.05, 0) is 114 Å². The number of nitrogens with zero attached hydrogens (tertiary/aromatic N) is 1. The van der Waals surface area contributed by atoms with Gasteiger partial charge in [-0.2, -0.15) is 0 Å². The Labute approximate surface area is 232 Å². The Morgan fingerprint density at radius 3 is 2.46 bits per heavy atom. The van der Waals surface area contributed by atoms with Crippen molar-refractivity contribution in [2.75, 3.05) is 12.0 Å². The molecule has 5 fully saturated rings. The second-order valence-corrected chi connectivity index (χ2v) is 13.1. The van der Waals surface area contributed by atoms with Crippen molar-refractivity contribution in [1.82, 2.24) is 0 Å². The molecular weight excluding hydrogens is 577 g/mol. The van der Waals surface area contributed by atoms with Crippen LogP contribution in [0.2, 0.25) is 0 Å². The molecule has 4 bridgehead atoms. The summed E-state index contributed by atoms with van der Waals surface area (Å²) in [4.78, 5) is 28.3. The Kier molecular flexibility index (Phi) is 6.44. The SMILES string of the molecule is COc1cc(/C=C2/SC(=S)N(c3cccc(F)c3)C2=O)cc(Br)c1OC(=O)C12CC3CC(CC(C3)C1)C2. The average molecular weight is 603 g/mol. The number of carbonyl (C=O) groups is 2. The fourth-order valence-electron chi connectivity index (χ4n) is 6.94. The quantitative estimate of drug-likeness (QED) is 0.157. The summed E-state index contributed by atoms with van der Waals surface area (Å²) in [5.74, 6) is 1.74. The highest BCUT2D eigenvalue weighted by atomic mass is 79.9. The lowest BCUT2D eigenvalue weighted by Gasteiger charge is -2.55. The first-order valence-corrected chi connectivity index (χ1v) is 14.4. The number of thiocarbonyl (C=S) groups is 1. The van der Waals surface area contributed by atoms with Gasteiger partial charge in [0.15, 0.2) is 15.8 Å². The minimum absolute atomic E-state index is 0.158. The van der Waals surface area contributed by atoms with E-state index in [1.54, 1.807) is 30.3 Å². The Hall–Kier alpha value is -2.23. The Morgan fingerprint density at radius 2 is 1.84 bits per heavy atom. The summed E-state index contributed by atoms with van der Waals surface area (Å²) in [5, 5.41) is 0. The van der Waals surface area contributed by atoms with Gasteiger partial charge in [0.05, 0.1) is 27.6 Å². The molecule has 7 rings (SSSR count). The zero-order chi connectivity index (χ0) is 25.9. The molecule has 0 spiro atoms. The molecule has 1 heterocycles. The van der Waals surface area contributed by atoms with Gasteiger partial charge >= 0.3 is 5.97 Å². The van der Waals surface area contributed by atoms with E-state index in [1.165, 1.54) is 43.4 Å². The molecule has 0 aromatic heterocycles. The summed E-state index contributed by atoms with van der Waals surface area (Å²) in [6, 6.07) is 9.31. The van der Waals surface area contributed by atoms with Crippen LogP contribution in [0.4, 0.5) is 10.1 Å². The molecule has 0 atom stereocenters. The summed E-state index contributed by atoms with van der Waals surface area (Å²) in [6.07, 6.45) is 8.21. The normalized spacial score (nSPS) is 29.3. The van der Waals surface area contributed by atoms with E-state index in [-0.39, 0.29) is 17.3 Å². The molecular formula is C28H25BrFNO4S2. The Bertz CT molecular complexity index is 1320. The lowest BCUT2D eigenvalue weighted by atomic mass is 9.49. The molecule has 0 unspecified atom stereocenters. The molecule has 2 aromatic carbocycles. The number of hydrogen-bond acceptors (Lipinski definition) is 6. The van der Waals surface area contributed by atoms with Gasteiger partial charge in [-0.15, -0.1) is 0 Å². The Morgan fingerprint density at radius 1 is 1.16 bits per heavy atom. The summed E-state index contributed by atoms with van der Waals surface area (Å²) in [6.45, 7) is 0. The lowest BCUT2D eigenvalue weighted by molar-refractivity contribution is -0.161. The number of thioether (sulfide) groups is 1. The van der Waals surface area contributed by atoms with Gasteiger partial charge in [0.25, 0.3) is 5.91 Å². The van der Waals surface area contributed by atoms with Crippen molar-refractivity contribution in [3.05, 3.63) is 57.2 Å². The minimum atomic E-state index is -0.442. The number of ether oxygens (including phenoxy) is 2. The third-order valence-corrected chi connectivity index (χ3v) is 9.97. The summed E-state index contributed by atoms with van der Waals surface area (Å²) >= 11 is 10.1. The van der Waals surface area contributed by atoms with E-state index in [1.807, 2.05) is 0 Å². The molecule has 1 aliphatic heterocycles. The van der Waals surface area contributed by atoms with Crippen LogP contribution < -0.4 is 14.4 Å². The van der Waals surface area contributed by atoms with E-state index in [9.17, 15) is 14.0 Å². The fraction of sp³-hybridized carbons (Fsp3) is 0.393.